The standard InChI is InChI=1S/C24H30N2O2/c1-16-6-4-8-19(14-16)15-25-23(27)20-10-12-21(13-11-20)24(28)26-22-9-5-7-17(2)18(22)3/h4-9,14,20-21H,10-13,15H2,1-3H3,(H,25,27)(H,26,28). The van der Waals surface area contributed by atoms with E-state index in [2.05, 4.69) is 29.7 Å². The Hall–Kier alpha value is -2.62. The van der Waals surface area contributed by atoms with Gasteiger partial charge in [-0.25, -0.2) is 0 Å². The Morgan fingerprint density at radius 2 is 1.54 bits per heavy atom. The molecule has 2 amide bonds. The van der Waals surface area contributed by atoms with E-state index in [1.54, 1.807) is 0 Å². The predicted octanol–water partition coefficient (Wildman–Crippen LogP) is 4.67. The minimum atomic E-state index is -0.0132. The van der Waals surface area contributed by atoms with Gasteiger partial charge in [0.25, 0.3) is 0 Å². The monoisotopic (exact) mass is 378 g/mol. The zero-order chi connectivity index (χ0) is 20.1. The Balaban J connectivity index is 1.47. The van der Waals surface area contributed by atoms with E-state index in [1.807, 2.05) is 44.2 Å². The van der Waals surface area contributed by atoms with Crippen LogP contribution in [-0.4, -0.2) is 11.8 Å². The van der Waals surface area contributed by atoms with Crippen molar-refractivity contribution < 1.29 is 9.59 Å². The summed E-state index contributed by atoms with van der Waals surface area (Å²) < 4.78 is 0. The van der Waals surface area contributed by atoms with Crippen LogP contribution in [0.4, 0.5) is 5.69 Å². The number of amides is 2. The van der Waals surface area contributed by atoms with Gasteiger partial charge in [-0.05, 0) is 69.2 Å². The first-order valence-electron chi connectivity index (χ1n) is 10.1. The van der Waals surface area contributed by atoms with Crippen molar-refractivity contribution in [2.75, 3.05) is 5.32 Å². The van der Waals surface area contributed by atoms with E-state index in [1.165, 1.54) is 11.1 Å². The molecule has 2 N–H and O–H groups in total. The Labute approximate surface area is 167 Å². The topological polar surface area (TPSA) is 58.2 Å². The quantitative estimate of drug-likeness (QED) is 0.794. The molecule has 0 aliphatic heterocycles. The molecule has 28 heavy (non-hydrogen) atoms. The number of nitrogens with one attached hydrogen (secondary N) is 2. The van der Waals surface area contributed by atoms with Gasteiger partial charge in [0, 0.05) is 24.1 Å². The van der Waals surface area contributed by atoms with Crippen molar-refractivity contribution in [3.05, 3.63) is 64.7 Å². The number of benzene rings is 2. The van der Waals surface area contributed by atoms with Gasteiger partial charge in [0.15, 0.2) is 0 Å². The van der Waals surface area contributed by atoms with Crippen LogP contribution in [0.5, 0.6) is 0 Å². The van der Waals surface area contributed by atoms with Crippen molar-refractivity contribution in [3.8, 4) is 0 Å². The maximum absolute atomic E-state index is 12.6. The van der Waals surface area contributed by atoms with Crippen molar-refractivity contribution in [3.63, 3.8) is 0 Å². The molecule has 0 aromatic heterocycles. The molecule has 2 aromatic rings. The lowest BCUT2D eigenvalue weighted by atomic mass is 9.81. The molecule has 0 saturated heterocycles. The molecule has 1 aliphatic rings. The summed E-state index contributed by atoms with van der Waals surface area (Å²) in [5.74, 6) is 0.178. The molecule has 4 heteroatoms. The van der Waals surface area contributed by atoms with Crippen LogP contribution in [0.3, 0.4) is 0 Å². The van der Waals surface area contributed by atoms with E-state index in [9.17, 15) is 9.59 Å². The maximum Gasteiger partial charge on any atom is 0.227 e. The maximum atomic E-state index is 12.6. The van der Waals surface area contributed by atoms with Crippen molar-refractivity contribution in [2.45, 2.75) is 53.0 Å². The van der Waals surface area contributed by atoms with E-state index in [4.69, 9.17) is 0 Å². The summed E-state index contributed by atoms with van der Waals surface area (Å²) in [5, 5.41) is 6.13. The molecule has 0 spiro atoms. The van der Waals surface area contributed by atoms with Crippen LogP contribution in [0, 0.1) is 32.6 Å². The van der Waals surface area contributed by atoms with Crippen LogP contribution < -0.4 is 10.6 Å². The number of anilines is 1. The summed E-state index contributed by atoms with van der Waals surface area (Å²) in [6.45, 7) is 6.69. The number of rotatable bonds is 5. The van der Waals surface area contributed by atoms with Gasteiger partial charge in [0.2, 0.25) is 11.8 Å². The molecule has 1 fully saturated rings. The van der Waals surface area contributed by atoms with E-state index in [0.717, 1.165) is 42.5 Å². The van der Waals surface area contributed by atoms with E-state index >= 15 is 0 Å². The van der Waals surface area contributed by atoms with Crippen molar-refractivity contribution >= 4 is 17.5 Å². The summed E-state index contributed by atoms with van der Waals surface area (Å²) >= 11 is 0. The van der Waals surface area contributed by atoms with E-state index in [-0.39, 0.29) is 23.7 Å². The normalized spacial score (nSPS) is 19.1. The molecule has 0 heterocycles. The highest BCUT2D eigenvalue weighted by atomic mass is 16.2. The number of hydrogen-bond acceptors (Lipinski definition) is 2. The number of hydrogen-bond donors (Lipinski definition) is 2. The highest BCUT2D eigenvalue weighted by molar-refractivity contribution is 5.93. The Kier molecular flexibility index (Phi) is 6.50. The summed E-state index contributed by atoms with van der Waals surface area (Å²) in [6.07, 6.45) is 3.06. The Bertz CT molecular complexity index is 851. The lowest BCUT2D eigenvalue weighted by Crippen LogP contribution is -2.35. The second kappa shape index (κ2) is 9.05. The van der Waals surface area contributed by atoms with Crippen LogP contribution in [0.1, 0.15) is 47.9 Å². The zero-order valence-electron chi connectivity index (χ0n) is 17.0. The Morgan fingerprint density at radius 1 is 0.893 bits per heavy atom. The third-order valence-corrected chi connectivity index (χ3v) is 5.88. The first-order valence-corrected chi connectivity index (χ1v) is 10.1. The van der Waals surface area contributed by atoms with Crippen LogP contribution in [0.15, 0.2) is 42.5 Å². The van der Waals surface area contributed by atoms with Gasteiger partial charge < -0.3 is 10.6 Å². The minimum Gasteiger partial charge on any atom is -0.352 e. The van der Waals surface area contributed by atoms with Crippen LogP contribution in [0.25, 0.3) is 0 Å². The molecule has 4 nitrogen and oxygen atoms in total. The first kappa shape index (κ1) is 20.1. The highest BCUT2D eigenvalue weighted by Gasteiger charge is 2.30. The fourth-order valence-electron chi connectivity index (χ4n) is 3.89. The second-order valence-electron chi connectivity index (χ2n) is 7.99. The summed E-state index contributed by atoms with van der Waals surface area (Å²) in [7, 11) is 0. The third-order valence-electron chi connectivity index (χ3n) is 5.88. The Morgan fingerprint density at radius 3 is 2.21 bits per heavy atom. The highest BCUT2D eigenvalue weighted by Crippen LogP contribution is 2.30. The summed E-state index contributed by atoms with van der Waals surface area (Å²) in [5.41, 5.74) is 5.49. The predicted molar refractivity (Wildman–Crippen MR) is 113 cm³/mol. The lowest BCUT2D eigenvalue weighted by molar-refractivity contribution is -0.128. The molecule has 148 valence electrons. The number of carbonyl (C=O) groups is 2. The zero-order valence-corrected chi connectivity index (χ0v) is 17.0. The average molecular weight is 379 g/mol. The van der Waals surface area contributed by atoms with Gasteiger partial charge in [-0.3, -0.25) is 9.59 Å². The van der Waals surface area contributed by atoms with Crippen molar-refractivity contribution in [2.24, 2.45) is 11.8 Å². The summed E-state index contributed by atoms with van der Waals surface area (Å²) in [6, 6.07) is 14.1. The van der Waals surface area contributed by atoms with Crippen molar-refractivity contribution in [1.29, 1.82) is 0 Å². The molecule has 0 bridgehead atoms. The SMILES string of the molecule is Cc1cccc(CNC(=O)C2CCC(C(=O)Nc3cccc(C)c3C)CC2)c1. The molecule has 0 atom stereocenters. The molecule has 3 rings (SSSR count). The summed E-state index contributed by atoms with van der Waals surface area (Å²) in [4.78, 5) is 25.1. The van der Waals surface area contributed by atoms with Gasteiger partial charge in [-0.15, -0.1) is 0 Å². The van der Waals surface area contributed by atoms with Crippen LogP contribution >= 0.6 is 0 Å². The molecule has 0 unspecified atom stereocenters. The van der Waals surface area contributed by atoms with Crippen molar-refractivity contribution in [1.82, 2.24) is 5.32 Å². The lowest BCUT2D eigenvalue weighted by Gasteiger charge is -2.27. The molecule has 1 saturated carbocycles. The van der Waals surface area contributed by atoms with Gasteiger partial charge >= 0.3 is 0 Å². The van der Waals surface area contributed by atoms with Crippen LogP contribution in [-0.2, 0) is 16.1 Å². The van der Waals surface area contributed by atoms with E-state index < -0.39 is 0 Å². The number of carbonyl (C=O) groups excluding carboxylic acids is 2. The van der Waals surface area contributed by atoms with Gasteiger partial charge in [0.05, 0.1) is 0 Å². The largest absolute Gasteiger partial charge is 0.352 e. The van der Waals surface area contributed by atoms with Crippen LogP contribution in [0.2, 0.25) is 0 Å². The minimum absolute atomic E-state index is 0.00886. The molecule has 2 aromatic carbocycles. The molecule has 1 aliphatic carbocycles. The van der Waals surface area contributed by atoms with E-state index in [0.29, 0.717) is 6.54 Å². The molecule has 0 radical (unpaired) electrons. The van der Waals surface area contributed by atoms with Gasteiger partial charge in [0.1, 0.15) is 0 Å². The average Bonchev–Trinajstić information content (AvgIpc) is 2.70. The van der Waals surface area contributed by atoms with Gasteiger partial charge in [-0.2, -0.15) is 0 Å². The fourth-order valence-corrected chi connectivity index (χ4v) is 3.89. The van der Waals surface area contributed by atoms with Gasteiger partial charge in [-0.1, -0.05) is 42.0 Å². The second-order valence-corrected chi connectivity index (χ2v) is 7.99. The number of aryl methyl sites for hydroxylation is 2. The molecular weight excluding hydrogens is 348 g/mol. The molecular formula is C24H30N2O2. The first-order chi connectivity index (χ1) is 13.4. The smallest absolute Gasteiger partial charge is 0.227 e. The fraction of sp³-hybridized carbons (Fsp3) is 0.417. The third kappa shape index (κ3) is 5.00.